The standard InChI is InChI=1S/C16H17BrN2O2S/c1-10-5-16-14(6-11(10)8-18)15(17)9-19(16)12-3-4-13(7-12)22(2,20)21/h5-6,9,12-13H,3-4,7H2,1-2H3/t12-,13-/m1/s1. The molecule has 1 aliphatic carbocycles. The van der Waals surface area contributed by atoms with Gasteiger partial charge in [-0.3, -0.25) is 0 Å². The van der Waals surface area contributed by atoms with Crippen LogP contribution in [-0.4, -0.2) is 24.5 Å². The van der Waals surface area contributed by atoms with Gasteiger partial charge in [0.15, 0.2) is 0 Å². The van der Waals surface area contributed by atoms with Crippen LogP contribution in [0.2, 0.25) is 0 Å². The molecule has 1 heterocycles. The number of benzene rings is 1. The van der Waals surface area contributed by atoms with Crippen LogP contribution < -0.4 is 0 Å². The Morgan fingerprint density at radius 2 is 2.09 bits per heavy atom. The van der Waals surface area contributed by atoms with E-state index in [4.69, 9.17) is 0 Å². The number of aromatic nitrogens is 1. The van der Waals surface area contributed by atoms with Crippen molar-refractivity contribution in [3.63, 3.8) is 0 Å². The highest BCUT2D eigenvalue weighted by Crippen LogP contribution is 2.39. The third-order valence-electron chi connectivity index (χ3n) is 4.61. The lowest BCUT2D eigenvalue weighted by Crippen LogP contribution is -2.16. The first-order valence-electron chi connectivity index (χ1n) is 7.21. The van der Waals surface area contributed by atoms with E-state index < -0.39 is 9.84 Å². The van der Waals surface area contributed by atoms with Crippen molar-refractivity contribution in [3.05, 3.63) is 33.9 Å². The van der Waals surface area contributed by atoms with Crippen molar-refractivity contribution in [1.29, 1.82) is 5.26 Å². The van der Waals surface area contributed by atoms with Gasteiger partial charge in [0.2, 0.25) is 0 Å². The van der Waals surface area contributed by atoms with Crippen LogP contribution in [-0.2, 0) is 9.84 Å². The summed E-state index contributed by atoms with van der Waals surface area (Å²) in [4.78, 5) is 0. The van der Waals surface area contributed by atoms with Gasteiger partial charge in [-0.15, -0.1) is 0 Å². The van der Waals surface area contributed by atoms with Crippen molar-refractivity contribution in [1.82, 2.24) is 4.57 Å². The number of rotatable bonds is 2. The zero-order valence-corrected chi connectivity index (χ0v) is 14.9. The molecule has 0 radical (unpaired) electrons. The Morgan fingerprint density at radius 3 is 2.68 bits per heavy atom. The summed E-state index contributed by atoms with van der Waals surface area (Å²) in [6.45, 7) is 1.93. The summed E-state index contributed by atoms with van der Waals surface area (Å²) in [6.07, 6.45) is 5.59. The SMILES string of the molecule is Cc1cc2c(cc1C#N)c(Br)cn2[C@@H]1CC[C@@H](S(C)(=O)=O)C1. The number of halogens is 1. The number of hydrogen-bond donors (Lipinski definition) is 0. The molecule has 116 valence electrons. The van der Waals surface area contributed by atoms with Crippen molar-refractivity contribution in [2.24, 2.45) is 0 Å². The van der Waals surface area contributed by atoms with E-state index in [0.717, 1.165) is 33.8 Å². The minimum Gasteiger partial charge on any atom is -0.343 e. The number of aryl methyl sites for hydroxylation is 1. The number of nitriles is 1. The Kier molecular flexibility index (Phi) is 3.82. The van der Waals surface area contributed by atoms with Gasteiger partial charge in [-0.2, -0.15) is 5.26 Å². The lowest BCUT2D eigenvalue weighted by atomic mass is 10.1. The van der Waals surface area contributed by atoms with Crippen molar-refractivity contribution in [2.75, 3.05) is 6.26 Å². The molecule has 1 aromatic heterocycles. The highest BCUT2D eigenvalue weighted by Gasteiger charge is 2.33. The first-order chi connectivity index (χ1) is 10.3. The van der Waals surface area contributed by atoms with Gasteiger partial charge in [0, 0.05) is 33.9 Å². The molecule has 0 N–H and O–H groups in total. The fourth-order valence-corrected chi connectivity index (χ4v) is 5.01. The zero-order valence-electron chi connectivity index (χ0n) is 12.5. The number of nitrogens with zero attached hydrogens (tertiary/aromatic N) is 2. The molecule has 1 saturated carbocycles. The molecule has 0 aliphatic heterocycles. The van der Waals surface area contributed by atoms with E-state index in [0.29, 0.717) is 12.0 Å². The van der Waals surface area contributed by atoms with Crippen LogP contribution in [0.15, 0.2) is 22.8 Å². The molecular weight excluding hydrogens is 364 g/mol. The summed E-state index contributed by atoms with van der Waals surface area (Å²) in [5.41, 5.74) is 2.67. The maximum absolute atomic E-state index is 11.8. The summed E-state index contributed by atoms with van der Waals surface area (Å²) in [6, 6.07) is 6.32. The monoisotopic (exact) mass is 380 g/mol. The van der Waals surface area contributed by atoms with Crippen LogP contribution in [0.4, 0.5) is 0 Å². The smallest absolute Gasteiger partial charge is 0.150 e. The second kappa shape index (κ2) is 5.39. The molecule has 2 atom stereocenters. The largest absolute Gasteiger partial charge is 0.343 e. The molecule has 0 spiro atoms. The minimum atomic E-state index is -2.98. The van der Waals surface area contributed by atoms with Gasteiger partial charge in [-0.25, -0.2) is 8.42 Å². The predicted molar refractivity (Wildman–Crippen MR) is 90.6 cm³/mol. The quantitative estimate of drug-likeness (QED) is 0.797. The molecule has 1 aliphatic rings. The number of fused-ring (bicyclic) bond motifs is 1. The van der Waals surface area contributed by atoms with E-state index >= 15 is 0 Å². The maximum Gasteiger partial charge on any atom is 0.150 e. The molecule has 0 bridgehead atoms. The second-order valence-corrected chi connectivity index (χ2v) is 9.28. The first kappa shape index (κ1) is 15.6. The topological polar surface area (TPSA) is 62.9 Å². The number of sulfone groups is 1. The van der Waals surface area contributed by atoms with Gasteiger partial charge in [0.1, 0.15) is 9.84 Å². The predicted octanol–water partition coefficient (Wildman–Crippen LogP) is 3.72. The molecule has 22 heavy (non-hydrogen) atoms. The molecule has 1 aromatic carbocycles. The summed E-state index contributed by atoms with van der Waals surface area (Å²) in [5, 5.41) is 9.93. The van der Waals surface area contributed by atoms with Crippen molar-refractivity contribution in [2.45, 2.75) is 37.5 Å². The minimum absolute atomic E-state index is 0.195. The van der Waals surface area contributed by atoms with Crippen LogP contribution >= 0.6 is 15.9 Å². The summed E-state index contributed by atoms with van der Waals surface area (Å²) < 4.78 is 26.6. The van der Waals surface area contributed by atoms with Gasteiger partial charge in [0.05, 0.1) is 16.9 Å². The molecule has 0 unspecified atom stereocenters. The third kappa shape index (κ3) is 2.57. The van der Waals surface area contributed by atoms with Gasteiger partial charge in [0.25, 0.3) is 0 Å². The zero-order chi connectivity index (χ0) is 16.1. The molecule has 6 heteroatoms. The summed E-state index contributed by atoms with van der Waals surface area (Å²) >= 11 is 3.56. The fraction of sp³-hybridized carbons (Fsp3) is 0.438. The second-order valence-electron chi connectivity index (χ2n) is 6.10. The molecule has 3 rings (SSSR count). The van der Waals surface area contributed by atoms with Crippen LogP contribution in [0.5, 0.6) is 0 Å². The van der Waals surface area contributed by atoms with E-state index in [1.165, 1.54) is 6.26 Å². The van der Waals surface area contributed by atoms with Gasteiger partial charge < -0.3 is 4.57 Å². The van der Waals surface area contributed by atoms with Gasteiger partial charge >= 0.3 is 0 Å². The molecular formula is C16H17BrN2O2S. The first-order valence-corrected chi connectivity index (χ1v) is 9.95. The highest BCUT2D eigenvalue weighted by atomic mass is 79.9. The third-order valence-corrected chi connectivity index (χ3v) is 6.88. The fourth-order valence-electron chi connectivity index (χ4n) is 3.34. The molecule has 0 saturated heterocycles. The van der Waals surface area contributed by atoms with Crippen LogP contribution in [0.3, 0.4) is 0 Å². The Hall–Kier alpha value is -1.32. The Balaban J connectivity index is 2.06. The van der Waals surface area contributed by atoms with Crippen LogP contribution in [0, 0.1) is 18.3 Å². The summed E-state index contributed by atoms with van der Waals surface area (Å²) in [5.74, 6) is 0. The van der Waals surface area contributed by atoms with E-state index in [1.807, 2.05) is 25.3 Å². The average Bonchev–Trinajstić information content (AvgIpc) is 3.03. The molecule has 0 amide bonds. The van der Waals surface area contributed by atoms with Crippen molar-refractivity contribution >= 4 is 36.7 Å². The maximum atomic E-state index is 11.8. The van der Waals surface area contributed by atoms with Gasteiger partial charge in [-0.1, -0.05) is 0 Å². The van der Waals surface area contributed by atoms with E-state index in [9.17, 15) is 13.7 Å². The lowest BCUT2D eigenvalue weighted by Gasteiger charge is -2.15. The Morgan fingerprint density at radius 1 is 1.36 bits per heavy atom. The van der Waals surface area contributed by atoms with Gasteiger partial charge in [-0.05, 0) is 59.8 Å². The van der Waals surface area contributed by atoms with Crippen molar-refractivity contribution in [3.8, 4) is 6.07 Å². The molecule has 2 aromatic rings. The highest BCUT2D eigenvalue weighted by molar-refractivity contribution is 9.10. The van der Waals surface area contributed by atoms with E-state index in [-0.39, 0.29) is 11.3 Å². The average molecular weight is 381 g/mol. The molecule has 1 fully saturated rings. The molecule has 4 nitrogen and oxygen atoms in total. The van der Waals surface area contributed by atoms with Crippen molar-refractivity contribution < 1.29 is 8.42 Å². The number of hydrogen-bond acceptors (Lipinski definition) is 3. The Labute approximate surface area is 138 Å². The summed E-state index contributed by atoms with van der Waals surface area (Å²) in [7, 11) is -2.98. The van der Waals surface area contributed by atoms with E-state index in [1.54, 1.807) is 0 Å². The van der Waals surface area contributed by atoms with Crippen LogP contribution in [0.1, 0.15) is 36.4 Å². The Bertz CT molecular complexity index is 893. The van der Waals surface area contributed by atoms with Crippen LogP contribution in [0.25, 0.3) is 10.9 Å². The lowest BCUT2D eigenvalue weighted by molar-refractivity contribution is 0.531. The normalized spacial score (nSPS) is 22.1. The van der Waals surface area contributed by atoms with E-state index in [2.05, 4.69) is 26.6 Å².